The van der Waals surface area contributed by atoms with Crippen molar-refractivity contribution in [3.63, 3.8) is 0 Å². The fourth-order valence-corrected chi connectivity index (χ4v) is 2.89. The van der Waals surface area contributed by atoms with E-state index < -0.39 is 23.5 Å². The van der Waals surface area contributed by atoms with Crippen LogP contribution in [-0.4, -0.2) is 29.7 Å². The molecule has 0 unspecified atom stereocenters. The minimum atomic E-state index is -5.97. The summed E-state index contributed by atoms with van der Waals surface area (Å²) >= 11 is 0. The monoisotopic (exact) mass is 432 g/mol. The molecular weight excluding hydrogens is 418 g/mol. The lowest BCUT2D eigenvalue weighted by Crippen LogP contribution is -2.53. The van der Waals surface area contributed by atoms with Crippen molar-refractivity contribution < 1.29 is 40.7 Å². The molecule has 3 aromatic rings. The van der Waals surface area contributed by atoms with E-state index in [1.807, 2.05) is 0 Å². The van der Waals surface area contributed by atoms with Crippen LogP contribution in [0.15, 0.2) is 53.1 Å². The van der Waals surface area contributed by atoms with E-state index in [4.69, 9.17) is 15.0 Å². The summed E-state index contributed by atoms with van der Waals surface area (Å²) in [4.78, 5) is 0. The van der Waals surface area contributed by atoms with Gasteiger partial charge in [0.2, 0.25) is 5.88 Å². The zero-order valence-electron chi connectivity index (χ0n) is 15.2. The highest BCUT2D eigenvalue weighted by molar-refractivity contribution is 5.87. The third kappa shape index (κ3) is 3.45. The molecule has 11 heteroatoms. The highest BCUT2D eigenvalue weighted by Gasteiger charge is 2.71. The summed E-state index contributed by atoms with van der Waals surface area (Å²) in [5, 5.41) is 13.3. The van der Waals surface area contributed by atoms with E-state index in [1.165, 1.54) is 7.11 Å². The molecule has 1 aromatic heterocycles. The minimum absolute atomic E-state index is 0.148. The van der Waals surface area contributed by atoms with Gasteiger partial charge >= 0.3 is 12.4 Å². The van der Waals surface area contributed by atoms with Gasteiger partial charge in [0.1, 0.15) is 11.4 Å². The first-order valence-electron chi connectivity index (χ1n) is 8.26. The van der Waals surface area contributed by atoms with Gasteiger partial charge < -0.3 is 20.1 Å². The van der Waals surface area contributed by atoms with Gasteiger partial charge in [0.05, 0.1) is 12.7 Å². The van der Waals surface area contributed by atoms with Crippen molar-refractivity contribution >= 4 is 5.88 Å². The highest BCUT2D eigenvalue weighted by atomic mass is 19.4. The Morgan fingerprint density at radius 2 is 1.37 bits per heavy atom. The zero-order valence-corrected chi connectivity index (χ0v) is 15.2. The Bertz CT molecular complexity index is 1010. The first-order chi connectivity index (χ1) is 13.9. The maximum Gasteiger partial charge on any atom is 0.430 e. The summed E-state index contributed by atoms with van der Waals surface area (Å²) in [5.41, 5.74) is 0.443. The van der Waals surface area contributed by atoms with E-state index in [9.17, 15) is 31.4 Å². The van der Waals surface area contributed by atoms with Crippen LogP contribution < -0.4 is 10.5 Å². The summed E-state index contributed by atoms with van der Waals surface area (Å²) in [6.45, 7) is 0. The first kappa shape index (κ1) is 21.5. The Kier molecular flexibility index (Phi) is 5.19. The number of hydrogen-bond donors (Lipinski definition) is 2. The number of nitrogens with two attached hydrogens (primary N) is 1. The average molecular weight is 432 g/mol. The van der Waals surface area contributed by atoms with Gasteiger partial charge in [-0.05, 0) is 29.8 Å². The predicted octanol–water partition coefficient (Wildman–Crippen LogP) is 4.91. The molecule has 0 bridgehead atoms. The van der Waals surface area contributed by atoms with Gasteiger partial charge in [-0.3, -0.25) is 0 Å². The molecule has 0 aliphatic rings. The first-order valence-corrected chi connectivity index (χ1v) is 8.26. The molecule has 3 N–H and O–H groups in total. The molecule has 0 radical (unpaired) electrons. The summed E-state index contributed by atoms with van der Waals surface area (Å²) in [6.07, 6.45) is -11.9. The maximum absolute atomic E-state index is 13.0. The van der Waals surface area contributed by atoms with E-state index in [1.54, 1.807) is 24.3 Å². The van der Waals surface area contributed by atoms with E-state index in [0.29, 0.717) is 23.4 Å². The quantitative estimate of drug-likeness (QED) is 0.573. The summed E-state index contributed by atoms with van der Waals surface area (Å²) < 4.78 is 88.3. The number of aromatic nitrogens is 1. The van der Waals surface area contributed by atoms with E-state index >= 15 is 0 Å². The molecule has 0 aliphatic heterocycles. The topological polar surface area (TPSA) is 81.5 Å². The second-order valence-electron chi connectivity index (χ2n) is 6.28. The number of methoxy groups -OCH3 is 1. The molecule has 30 heavy (non-hydrogen) atoms. The van der Waals surface area contributed by atoms with Gasteiger partial charge in [0.25, 0.3) is 5.60 Å². The number of halogens is 6. The summed E-state index contributed by atoms with van der Waals surface area (Å²) in [7, 11) is 1.47. The molecule has 1 heterocycles. The highest BCUT2D eigenvalue weighted by Crippen LogP contribution is 2.50. The largest absolute Gasteiger partial charge is 0.497 e. The van der Waals surface area contributed by atoms with Crippen molar-refractivity contribution in [1.82, 2.24) is 5.16 Å². The van der Waals surface area contributed by atoms with Crippen molar-refractivity contribution in [1.29, 1.82) is 0 Å². The van der Waals surface area contributed by atoms with Crippen LogP contribution in [0.25, 0.3) is 22.4 Å². The molecule has 160 valence electrons. The number of nitrogen functional groups attached to an aromatic ring is 1. The molecule has 0 spiro atoms. The third-order valence-electron chi connectivity index (χ3n) is 4.49. The van der Waals surface area contributed by atoms with Gasteiger partial charge in [0.15, 0.2) is 0 Å². The van der Waals surface area contributed by atoms with Gasteiger partial charge in [-0.1, -0.05) is 29.4 Å². The van der Waals surface area contributed by atoms with Crippen LogP contribution in [-0.2, 0) is 5.60 Å². The van der Waals surface area contributed by atoms with E-state index in [-0.39, 0.29) is 22.7 Å². The lowest BCUT2D eigenvalue weighted by Gasteiger charge is -2.32. The summed E-state index contributed by atoms with van der Waals surface area (Å²) in [6, 6.07) is 9.49. The Hall–Kier alpha value is -3.21. The van der Waals surface area contributed by atoms with Gasteiger partial charge in [-0.15, -0.1) is 0 Å². The number of benzene rings is 2. The van der Waals surface area contributed by atoms with Crippen LogP contribution in [0.2, 0.25) is 0 Å². The van der Waals surface area contributed by atoms with Crippen LogP contribution in [0.3, 0.4) is 0 Å². The van der Waals surface area contributed by atoms with Gasteiger partial charge in [-0.2, -0.15) is 26.3 Å². The van der Waals surface area contributed by atoms with Crippen LogP contribution in [0.5, 0.6) is 5.75 Å². The number of rotatable bonds is 4. The van der Waals surface area contributed by atoms with Gasteiger partial charge in [-0.25, -0.2) is 0 Å². The summed E-state index contributed by atoms with van der Waals surface area (Å²) in [5.74, 6) is 0.371. The number of anilines is 1. The lowest BCUT2D eigenvalue weighted by molar-refractivity contribution is -0.376. The number of nitrogens with zero attached hydrogens (tertiary/aromatic N) is 1. The molecule has 0 fully saturated rings. The third-order valence-corrected chi connectivity index (χ3v) is 4.49. The SMILES string of the molecule is COc1ccc(-c2noc(N)c2-c2ccc(C(O)(C(F)(F)F)C(F)(F)F)cc2)cc1. The van der Waals surface area contributed by atoms with Gasteiger partial charge in [0, 0.05) is 11.1 Å². The fraction of sp³-hybridized carbons (Fsp3) is 0.211. The molecule has 0 atom stereocenters. The molecule has 0 saturated heterocycles. The molecule has 5 nitrogen and oxygen atoms in total. The molecule has 2 aromatic carbocycles. The molecule has 0 saturated carbocycles. The van der Waals surface area contributed by atoms with Crippen molar-refractivity contribution in [2.45, 2.75) is 18.0 Å². The maximum atomic E-state index is 13.0. The lowest BCUT2D eigenvalue weighted by atomic mass is 9.90. The van der Waals surface area contributed by atoms with Crippen LogP contribution in [0, 0.1) is 0 Å². The van der Waals surface area contributed by atoms with E-state index in [0.717, 1.165) is 12.1 Å². The van der Waals surface area contributed by atoms with Crippen molar-refractivity contribution in [3.05, 3.63) is 54.1 Å². The predicted molar refractivity (Wildman–Crippen MR) is 94.3 cm³/mol. The molecule has 3 rings (SSSR count). The number of aliphatic hydroxyl groups is 1. The molecule has 0 aliphatic carbocycles. The smallest absolute Gasteiger partial charge is 0.430 e. The second kappa shape index (κ2) is 7.24. The molecular formula is C19H14F6N2O3. The zero-order chi connectivity index (χ0) is 22.3. The van der Waals surface area contributed by atoms with Crippen LogP contribution in [0.1, 0.15) is 5.56 Å². The number of ether oxygens (including phenoxy) is 1. The standard InChI is InChI=1S/C19H14F6N2O3/c1-29-13-8-4-11(5-9-13)15-14(16(26)30-27-15)10-2-6-12(7-3-10)17(28,18(20,21)22)19(23,24)25/h2-9,28H,26H2,1H3. The van der Waals surface area contributed by atoms with Crippen LogP contribution in [0.4, 0.5) is 32.2 Å². The van der Waals surface area contributed by atoms with E-state index in [2.05, 4.69) is 5.16 Å². The number of alkyl halides is 6. The Labute approximate surface area is 165 Å². The normalized spacial score (nSPS) is 12.8. The average Bonchev–Trinajstić information content (AvgIpc) is 3.07. The minimum Gasteiger partial charge on any atom is -0.497 e. The molecule has 0 amide bonds. The van der Waals surface area contributed by atoms with Crippen LogP contribution >= 0.6 is 0 Å². The Balaban J connectivity index is 2.06. The Morgan fingerprint density at radius 1 is 0.867 bits per heavy atom. The second-order valence-corrected chi connectivity index (χ2v) is 6.28. The Morgan fingerprint density at radius 3 is 1.83 bits per heavy atom. The van der Waals surface area contributed by atoms with Crippen molar-refractivity contribution in [3.8, 4) is 28.1 Å². The number of hydrogen-bond acceptors (Lipinski definition) is 5. The fourth-order valence-electron chi connectivity index (χ4n) is 2.89. The van der Waals surface area contributed by atoms with Crippen molar-refractivity contribution in [2.24, 2.45) is 0 Å². The van der Waals surface area contributed by atoms with Crippen molar-refractivity contribution in [2.75, 3.05) is 12.8 Å².